The second kappa shape index (κ2) is 7.43. The van der Waals surface area contributed by atoms with E-state index in [-0.39, 0.29) is 12.0 Å². The molecule has 2 aromatic carbocycles. The highest BCUT2D eigenvalue weighted by molar-refractivity contribution is 5.81. The summed E-state index contributed by atoms with van der Waals surface area (Å²) < 4.78 is 11.4. The molecule has 0 aliphatic carbocycles. The third-order valence-corrected chi connectivity index (χ3v) is 4.51. The summed E-state index contributed by atoms with van der Waals surface area (Å²) in [5, 5.41) is 2.77. The highest BCUT2D eigenvalue weighted by Crippen LogP contribution is 2.47. The molecule has 0 saturated carbocycles. The van der Waals surface area contributed by atoms with Crippen molar-refractivity contribution in [3.63, 3.8) is 0 Å². The topological polar surface area (TPSA) is 64.6 Å². The number of ether oxygens (including phenoxy) is 2. The maximum absolute atomic E-state index is 11.9. The number of amides is 1. The van der Waals surface area contributed by atoms with Gasteiger partial charge in [0.15, 0.2) is 6.29 Å². The van der Waals surface area contributed by atoms with Gasteiger partial charge >= 0.3 is 6.09 Å². The molecule has 0 fully saturated rings. The van der Waals surface area contributed by atoms with Crippen LogP contribution in [0, 0.1) is 0 Å². The molecule has 0 radical (unpaired) electrons. The highest BCUT2D eigenvalue weighted by Gasteiger charge is 2.33. The van der Waals surface area contributed by atoms with Gasteiger partial charge in [-0.15, -0.1) is 0 Å². The Morgan fingerprint density at radius 2 is 1.96 bits per heavy atom. The summed E-state index contributed by atoms with van der Waals surface area (Å²) in [6.07, 6.45) is 0.221. The van der Waals surface area contributed by atoms with Crippen LogP contribution in [0.15, 0.2) is 42.5 Å². The van der Waals surface area contributed by atoms with E-state index < -0.39 is 11.7 Å². The third-order valence-electron chi connectivity index (χ3n) is 4.51. The van der Waals surface area contributed by atoms with Crippen LogP contribution in [0.25, 0.3) is 0 Å². The van der Waals surface area contributed by atoms with Crippen molar-refractivity contribution in [1.82, 2.24) is 5.32 Å². The van der Waals surface area contributed by atoms with Crippen LogP contribution in [0.3, 0.4) is 0 Å². The van der Waals surface area contributed by atoms with Gasteiger partial charge in [0, 0.05) is 18.0 Å². The molecule has 5 nitrogen and oxygen atoms in total. The molecule has 0 aromatic heterocycles. The molecule has 0 saturated heterocycles. The van der Waals surface area contributed by atoms with Gasteiger partial charge in [-0.1, -0.05) is 43.3 Å². The Labute approximate surface area is 159 Å². The van der Waals surface area contributed by atoms with Crippen molar-refractivity contribution in [1.29, 1.82) is 0 Å². The second-order valence-electron chi connectivity index (χ2n) is 7.81. The van der Waals surface area contributed by atoms with E-state index in [0.717, 1.165) is 23.0 Å². The molecule has 1 aliphatic rings. The maximum Gasteiger partial charge on any atom is 0.407 e. The summed E-state index contributed by atoms with van der Waals surface area (Å²) >= 11 is 0. The summed E-state index contributed by atoms with van der Waals surface area (Å²) in [5.41, 5.74) is 3.06. The van der Waals surface area contributed by atoms with Gasteiger partial charge in [0.05, 0.1) is 5.56 Å². The van der Waals surface area contributed by atoms with Crippen LogP contribution >= 0.6 is 0 Å². The Kier molecular flexibility index (Phi) is 5.22. The maximum atomic E-state index is 11.9. The van der Waals surface area contributed by atoms with Crippen molar-refractivity contribution in [3.8, 4) is 5.75 Å². The minimum absolute atomic E-state index is 0.133. The van der Waals surface area contributed by atoms with E-state index in [2.05, 4.69) is 12.2 Å². The second-order valence-corrected chi connectivity index (χ2v) is 7.81. The van der Waals surface area contributed by atoms with Gasteiger partial charge in [0.1, 0.15) is 17.5 Å². The molecule has 3 rings (SSSR count). The molecule has 2 unspecified atom stereocenters. The Bertz CT molecular complexity index is 854. The van der Waals surface area contributed by atoms with Gasteiger partial charge in [0.25, 0.3) is 0 Å². The Morgan fingerprint density at radius 1 is 1.22 bits per heavy atom. The molecule has 0 spiro atoms. The average molecular weight is 367 g/mol. The van der Waals surface area contributed by atoms with Crippen LogP contribution < -0.4 is 10.1 Å². The first-order valence-electron chi connectivity index (χ1n) is 9.09. The fourth-order valence-electron chi connectivity index (χ4n) is 3.28. The van der Waals surface area contributed by atoms with Gasteiger partial charge in [-0.2, -0.15) is 0 Å². The summed E-state index contributed by atoms with van der Waals surface area (Å²) in [4.78, 5) is 23.1. The van der Waals surface area contributed by atoms with Crippen LogP contribution in [0.2, 0.25) is 0 Å². The van der Waals surface area contributed by atoms with E-state index >= 15 is 0 Å². The van der Waals surface area contributed by atoms with Crippen LogP contribution in [0.4, 0.5) is 4.79 Å². The third kappa shape index (κ3) is 4.30. The number of rotatable bonds is 4. The van der Waals surface area contributed by atoms with E-state index in [1.165, 1.54) is 0 Å². The summed E-state index contributed by atoms with van der Waals surface area (Å²) in [6.45, 7) is 7.96. The lowest BCUT2D eigenvalue weighted by molar-refractivity contribution is 0.0523. The minimum atomic E-state index is -0.527. The molecular weight excluding hydrogens is 342 g/mol. The van der Waals surface area contributed by atoms with Crippen molar-refractivity contribution in [3.05, 3.63) is 64.7 Å². The van der Waals surface area contributed by atoms with Gasteiger partial charge in [0.2, 0.25) is 0 Å². The van der Waals surface area contributed by atoms with Gasteiger partial charge in [-0.3, -0.25) is 4.79 Å². The zero-order valence-electron chi connectivity index (χ0n) is 16.1. The number of carbonyl (C=O) groups excluding carboxylic acids is 2. The summed E-state index contributed by atoms with van der Waals surface area (Å²) in [7, 11) is 0. The molecule has 1 N–H and O–H groups in total. The molecule has 0 bridgehead atoms. The fraction of sp³-hybridized carbons (Fsp3) is 0.364. The quantitative estimate of drug-likeness (QED) is 0.791. The largest absolute Gasteiger partial charge is 0.484 e. The molecule has 5 heteroatoms. The first kappa shape index (κ1) is 19.0. The van der Waals surface area contributed by atoms with Crippen molar-refractivity contribution in [2.24, 2.45) is 0 Å². The number of fused-ring (bicyclic) bond motifs is 1. The van der Waals surface area contributed by atoms with Gasteiger partial charge < -0.3 is 14.8 Å². The smallest absolute Gasteiger partial charge is 0.407 e. The van der Waals surface area contributed by atoms with Crippen LogP contribution in [-0.4, -0.2) is 18.0 Å². The molecule has 2 atom stereocenters. The molecular formula is C22H25NO4. The number of nitrogens with one attached hydrogen (secondary N) is 1. The monoisotopic (exact) mass is 367 g/mol. The Hall–Kier alpha value is -2.82. The number of alkyl carbamates (subject to hydrolysis) is 1. The van der Waals surface area contributed by atoms with Gasteiger partial charge in [-0.05, 0) is 38.0 Å². The Balaban J connectivity index is 1.73. The predicted molar refractivity (Wildman–Crippen MR) is 103 cm³/mol. The fourth-order valence-corrected chi connectivity index (χ4v) is 3.28. The van der Waals surface area contributed by atoms with Crippen molar-refractivity contribution in [2.75, 3.05) is 0 Å². The average Bonchev–Trinajstić information content (AvgIpc) is 2.96. The van der Waals surface area contributed by atoms with Crippen molar-refractivity contribution in [2.45, 2.75) is 51.9 Å². The normalized spacial score (nSPS) is 18.4. The zero-order chi connectivity index (χ0) is 19.6. The zero-order valence-corrected chi connectivity index (χ0v) is 16.1. The first-order chi connectivity index (χ1) is 12.8. The van der Waals surface area contributed by atoms with E-state index in [9.17, 15) is 9.59 Å². The summed E-state index contributed by atoms with van der Waals surface area (Å²) in [5.74, 6) is 0.802. The predicted octanol–water partition coefficient (Wildman–Crippen LogP) is 4.76. The molecule has 1 heterocycles. The number of carbonyl (C=O) groups is 2. The van der Waals surface area contributed by atoms with Crippen molar-refractivity contribution >= 4 is 12.4 Å². The number of hydrogen-bond donors (Lipinski definition) is 1. The van der Waals surface area contributed by atoms with Crippen LogP contribution in [-0.2, 0) is 11.3 Å². The number of benzene rings is 2. The minimum Gasteiger partial charge on any atom is -0.484 e. The molecule has 142 valence electrons. The highest BCUT2D eigenvalue weighted by atomic mass is 16.6. The molecule has 2 aromatic rings. The number of para-hydroxylation sites is 1. The number of aldehydes is 1. The van der Waals surface area contributed by atoms with Crippen molar-refractivity contribution < 1.29 is 19.1 Å². The first-order valence-corrected chi connectivity index (χ1v) is 9.09. The van der Waals surface area contributed by atoms with E-state index in [0.29, 0.717) is 17.9 Å². The Morgan fingerprint density at radius 3 is 2.67 bits per heavy atom. The lowest BCUT2D eigenvalue weighted by atomic mass is 9.91. The SMILES string of the molecule is CC1c2cccc(C=O)c2OC1c1cccc(CNC(=O)OC(C)(C)C)c1. The lowest BCUT2D eigenvalue weighted by Crippen LogP contribution is -2.32. The van der Waals surface area contributed by atoms with E-state index in [1.807, 2.05) is 57.2 Å². The molecule has 1 aliphatic heterocycles. The number of hydrogen-bond acceptors (Lipinski definition) is 4. The standard InChI is InChI=1S/C22H25NO4/c1-14-18-10-6-9-17(13-24)20(18)26-19(14)16-8-5-7-15(11-16)12-23-21(25)27-22(2,3)4/h5-11,13-14,19H,12H2,1-4H3,(H,23,25). The van der Waals surface area contributed by atoms with Gasteiger partial charge in [-0.25, -0.2) is 4.79 Å². The van der Waals surface area contributed by atoms with Crippen LogP contribution in [0.1, 0.15) is 66.8 Å². The summed E-state index contributed by atoms with van der Waals surface area (Å²) in [6, 6.07) is 13.6. The van der Waals surface area contributed by atoms with Crippen LogP contribution in [0.5, 0.6) is 5.75 Å². The van der Waals surface area contributed by atoms with E-state index in [1.54, 1.807) is 6.07 Å². The molecule has 27 heavy (non-hydrogen) atoms. The molecule has 1 amide bonds. The lowest BCUT2D eigenvalue weighted by Gasteiger charge is -2.20. The van der Waals surface area contributed by atoms with E-state index in [4.69, 9.17) is 9.47 Å².